The second-order valence-corrected chi connectivity index (χ2v) is 4.69. The Hall–Kier alpha value is -1.11. The maximum absolute atomic E-state index is 5.60. The van der Waals surface area contributed by atoms with Crippen LogP contribution in [-0.2, 0) is 13.5 Å². The third-order valence-electron chi connectivity index (χ3n) is 2.73. The highest BCUT2D eigenvalue weighted by molar-refractivity contribution is 9.10. The zero-order chi connectivity index (χ0) is 12.3. The molecule has 5 nitrogen and oxygen atoms in total. The fourth-order valence-electron chi connectivity index (χ4n) is 1.85. The maximum atomic E-state index is 5.60. The van der Waals surface area contributed by atoms with Gasteiger partial charge in [-0.15, -0.1) is 0 Å². The maximum Gasteiger partial charge on any atom is 0.103 e. The number of hydrogen-bond acceptors (Lipinski definition) is 4. The van der Waals surface area contributed by atoms with Crippen molar-refractivity contribution in [3.8, 4) is 0 Å². The molecule has 1 atom stereocenters. The normalized spacial score (nSPS) is 12.9. The molecule has 0 radical (unpaired) electrons. The third-order valence-corrected chi connectivity index (χ3v) is 3.34. The van der Waals surface area contributed by atoms with Crippen LogP contribution >= 0.6 is 15.9 Å². The average Bonchev–Trinajstić information content (AvgIpc) is 2.93. The van der Waals surface area contributed by atoms with Crippen LogP contribution in [0.3, 0.4) is 0 Å². The summed E-state index contributed by atoms with van der Waals surface area (Å²) in [6.07, 6.45) is 5.13. The molecule has 0 aromatic carbocycles. The SMILES string of the molecule is Cn1ncc(Br)c1C(CCc1ccco1)NN. The summed E-state index contributed by atoms with van der Waals surface area (Å²) < 4.78 is 8.08. The van der Waals surface area contributed by atoms with Crippen LogP contribution < -0.4 is 11.3 Å². The van der Waals surface area contributed by atoms with E-state index in [0.29, 0.717) is 0 Å². The molecule has 0 bridgehead atoms. The Balaban J connectivity index is 2.07. The van der Waals surface area contributed by atoms with Gasteiger partial charge in [0.15, 0.2) is 0 Å². The van der Waals surface area contributed by atoms with Crippen molar-refractivity contribution in [3.63, 3.8) is 0 Å². The lowest BCUT2D eigenvalue weighted by Gasteiger charge is -2.16. The molecule has 2 heterocycles. The van der Waals surface area contributed by atoms with E-state index in [0.717, 1.165) is 28.8 Å². The van der Waals surface area contributed by atoms with Gasteiger partial charge in [-0.05, 0) is 34.5 Å². The Morgan fingerprint density at radius 2 is 2.47 bits per heavy atom. The molecular formula is C11H15BrN4O. The van der Waals surface area contributed by atoms with Gasteiger partial charge in [0.05, 0.1) is 28.7 Å². The fraction of sp³-hybridized carbons (Fsp3) is 0.364. The lowest BCUT2D eigenvalue weighted by atomic mass is 10.1. The standard InChI is InChI=1S/C11H15BrN4O/c1-16-11(9(12)7-14-16)10(15-13)5-4-8-3-2-6-17-8/h2-3,6-7,10,15H,4-5,13H2,1H3. The molecule has 1 unspecified atom stereocenters. The van der Waals surface area contributed by atoms with E-state index in [9.17, 15) is 0 Å². The van der Waals surface area contributed by atoms with Crippen LogP contribution in [0.25, 0.3) is 0 Å². The number of aryl methyl sites for hydroxylation is 2. The average molecular weight is 299 g/mol. The molecule has 0 amide bonds. The smallest absolute Gasteiger partial charge is 0.103 e. The summed E-state index contributed by atoms with van der Waals surface area (Å²) in [7, 11) is 1.90. The van der Waals surface area contributed by atoms with Crippen molar-refractivity contribution in [3.05, 3.63) is 40.5 Å². The summed E-state index contributed by atoms with van der Waals surface area (Å²) in [5, 5.41) is 4.18. The Kier molecular flexibility index (Phi) is 3.98. The number of rotatable bonds is 5. The Bertz CT molecular complexity index is 446. The predicted molar refractivity (Wildman–Crippen MR) is 68.0 cm³/mol. The molecule has 2 aromatic rings. The van der Waals surface area contributed by atoms with E-state index in [-0.39, 0.29) is 6.04 Å². The summed E-state index contributed by atoms with van der Waals surface area (Å²) >= 11 is 3.47. The first-order chi connectivity index (χ1) is 8.22. The van der Waals surface area contributed by atoms with Gasteiger partial charge in [0.25, 0.3) is 0 Å². The lowest BCUT2D eigenvalue weighted by molar-refractivity contribution is 0.441. The van der Waals surface area contributed by atoms with Crippen molar-refractivity contribution in [2.24, 2.45) is 12.9 Å². The molecule has 0 spiro atoms. The molecule has 0 saturated heterocycles. The number of furan rings is 1. The Morgan fingerprint density at radius 1 is 1.65 bits per heavy atom. The van der Waals surface area contributed by atoms with Crippen LogP contribution in [0.2, 0.25) is 0 Å². The van der Waals surface area contributed by atoms with Gasteiger partial charge in [-0.2, -0.15) is 5.10 Å². The molecule has 17 heavy (non-hydrogen) atoms. The highest BCUT2D eigenvalue weighted by Crippen LogP contribution is 2.25. The fourth-order valence-corrected chi connectivity index (χ4v) is 2.48. The van der Waals surface area contributed by atoms with Crippen molar-refractivity contribution in [2.75, 3.05) is 0 Å². The van der Waals surface area contributed by atoms with E-state index >= 15 is 0 Å². The van der Waals surface area contributed by atoms with Crippen molar-refractivity contribution in [1.82, 2.24) is 15.2 Å². The zero-order valence-corrected chi connectivity index (χ0v) is 11.1. The topological polar surface area (TPSA) is 69.0 Å². The van der Waals surface area contributed by atoms with E-state index in [2.05, 4.69) is 26.5 Å². The third kappa shape index (κ3) is 2.77. The zero-order valence-electron chi connectivity index (χ0n) is 9.56. The Labute approximate surface area is 108 Å². The summed E-state index contributed by atoms with van der Waals surface area (Å²) in [6, 6.07) is 3.90. The monoisotopic (exact) mass is 298 g/mol. The molecule has 2 aromatic heterocycles. The van der Waals surface area contributed by atoms with Crippen LogP contribution in [0, 0.1) is 0 Å². The van der Waals surface area contributed by atoms with E-state index in [1.54, 1.807) is 12.5 Å². The van der Waals surface area contributed by atoms with E-state index in [4.69, 9.17) is 10.3 Å². The van der Waals surface area contributed by atoms with Gasteiger partial charge >= 0.3 is 0 Å². The number of nitrogens with one attached hydrogen (secondary N) is 1. The van der Waals surface area contributed by atoms with E-state index < -0.39 is 0 Å². The van der Waals surface area contributed by atoms with Gasteiger partial charge in [0.1, 0.15) is 5.76 Å². The summed E-state index contributed by atoms with van der Waals surface area (Å²) in [4.78, 5) is 0. The van der Waals surface area contributed by atoms with Crippen LogP contribution in [0.5, 0.6) is 0 Å². The first kappa shape index (κ1) is 12.3. The molecule has 0 aliphatic heterocycles. The van der Waals surface area contributed by atoms with Gasteiger partial charge in [-0.25, -0.2) is 0 Å². The first-order valence-electron chi connectivity index (χ1n) is 5.38. The Morgan fingerprint density at radius 3 is 3.00 bits per heavy atom. The largest absolute Gasteiger partial charge is 0.469 e. The van der Waals surface area contributed by atoms with Crippen molar-refractivity contribution >= 4 is 15.9 Å². The number of nitrogens with zero attached hydrogens (tertiary/aromatic N) is 2. The minimum absolute atomic E-state index is 0.0435. The lowest BCUT2D eigenvalue weighted by Crippen LogP contribution is -2.30. The molecule has 0 aliphatic rings. The van der Waals surface area contributed by atoms with Gasteiger partial charge in [-0.3, -0.25) is 16.0 Å². The van der Waals surface area contributed by atoms with Crippen molar-refractivity contribution in [1.29, 1.82) is 0 Å². The first-order valence-corrected chi connectivity index (χ1v) is 6.17. The number of hydrazine groups is 1. The van der Waals surface area contributed by atoms with E-state index in [1.807, 2.05) is 23.9 Å². The van der Waals surface area contributed by atoms with Crippen molar-refractivity contribution in [2.45, 2.75) is 18.9 Å². The van der Waals surface area contributed by atoms with E-state index in [1.165, 1.54) is 0 Å². The molecule has 92 valence electrons. The van der Waals surface area contributed by atoms with Gasteiger partial charge in [0.2, 0.25) is 0 Å². The number of aromatic nitrogens is 2. The number of nitrogens with two attached hydrogens (primary N) is 1. The van der Waals surface area contributed by atoms with Crippen LogP contribution in [-0.4, -0.2) is 9.78 Å². The molecular weight excluding hydrogens is 284 g/mol. The quantitative estimate of drug-likeness (QED) is 0.653. The number of hydrogen-bond donors (Lipinski definition) is 2. The minimum Gasteiger partial charge on any atom is -0.469 e. The molecule has 3 N–H and O–H groups in total. The highest BCUT2D eigenvalue weighted by atomic mass is 79.9. The van der Waals surface area contributed by atoms with Gasteiger partial charge < -0.3 is 4.42 Å². The van der Waals surface area contributed by atoms with Crippen LogP contribution in [0.4, 0.5) is 0 Å². The molecule has 0 saturated carbocycles. The molecule has 0 aliphatic carbocycles. The van der Waals surface area contributed by atoms with Crippen molar-refractivity contribution < 1.29 is 4.42 Å². The predicted octanol–water partition coefficient (Wildman–Crippen LogP) is 1.91. The highest BCUT2D eigenvalue weighted by Gasteiger charge is 2.17. The minimum atomic E-state index is 0.0435. The van der Waals surface area contributed by atoms with Gasteiger partial charge in [0, 0.05) is 13.5 Å². The summed E-state index contributed by atoms with van der Waals surface area (Å²) in [5.41, 5.74) is 3.86. The van der Waals surface area contributed by atoms with Crippen LogP contribution in [0.1, 0.15) is 23.9 Å². The number of halogens is 1. The second-order valence-electron chi connectivity index (χ2n) is 3.84. The second kappa shape index (κ2) is 5.48. The molecule has 6 heteroatoms. The summed E-state index contributed by atoms with van der Waals surface area (Å²) in [5.74, 6) is 6.56. The van der Waals surface area contributed by atoms with Crippen LogP contribution in [0.15, 0.2) is 33.5 Å². The summed E-state index contributed by atoms with van der Waals surface area (Å²) in [6.45, 7) is 0. The molecule has 0 fully saturated rings. The molecule has 2 rings (SSSR count). The van der Waals surface area contributed by atoms with Gasteiger partial charge in [-0.1, -0.05) is 0 Å².